The van der Waals surface area contributed by atoms with Crippen LogP contribution in [0.15, 0.2) is 55.4 Å². The Morgan fingerprint density at radius 3 is 2.81 bits per heavy atom. The van der Waals surface area contributed by atoms with Crippen molar-refractivity contribution in [3.63, 3.8) is 0 Å². The highest BCUT2D eigenvalue weighted by atomic mass is 16.1. The molecule has 3 aromatic heterocycles. The zero-order chi connectivity index (χ0) is 18.4. The smallest absolute Gasteiger partial charge is 0.260 e. The Balaban J connectivity index is 1.42. The molecule has 1 aliphatic carbocycles. The lowest BCUT2D eigenvalue weighted by Gasteiger charge is -2.07. The molecule has 4 aromatic rings. The largest absolute Gasteiger partial charge is 0.334 e. The van der Waals surface area contributed by atoms with E-state index in [-0.39, 0.29) is 5.91 Å². The van der Waals surface area contributed by atoms with Crippen molar-refractivity contribution in [3.8, 4) is 11.3 Å². The number of benzene rings is 1. The van der Waals surface area contributed by atoms with E-state index in [0.29, 0.717) is 17.4 Å². The summed E-state index contributed by atoms with van der Waals surface area (Å²) in [6.45, 7) is 0. The maximum atomic E-state index is 12.5. The lowest BCUT2D eigenvalue weighted by molar-refractivity contribution is 0.102. The van der Waals surface area contributed by atoms with Crippen LogP contribution in [0.5, 0.6) is 0 Å². The predicted molar refractivity (Wildman–Crippen MR) is 102 cm³/mol. The fourth-order valence-corrected chi connectivity index (χ4v) is 3.19. The molecule has 0 aliphatic heterocycles. The molecule has 3 heterocycles. The molecule has 0 spiro atoms. The topological polar surface area (TPSA) is 77.6 Å². The summed E-state index contributed by atoms with van der Waals surface area (Å²) in [5.74, 6) is 0.324. The van der Waals surface area contributed by atoms with E-state index >= 15 is 0 Å². The van der Waals surface area contributed by atoms with Crippen LogP contribution in [-0.2, 0) is 7.05 Å². The van der Waals surface area contributed by atoms with E-state index in [4.69, 9.17) is 0 Å². The second-order valence-electron chi connectivity index (χ2n) is 6.92. The third kappa shape index (κ3) is 2.97. The summed E-state index contributed by atoms with van der Waals surface area (Å²) in [5, 5.41) is 9.16. The minimum atomic E-state index is -0.198. The lowest BCUT2D eigenvalue weighted by atomic mass is 10.1. The van der Waals surface area contributed by atoms with Gasteiger partial charge in [0.05, 0.1) is 36.0 Å². The number of aryl methyl sites for hydroxylation is 1. The van der Waals surface area contributed by atoms with Gasteiger partial charge in [-0.25, -0.2) is 9.97 Å². The Kier molecular flexibility index (Phi) is 3.53. The standard InChI is InChI=1S/C20H18N6O/c1-25-12-21-10-18(25)13-2-3-14-8-22-19(7-15(14)6-13)24-20(27)16-9-23-26(11-16)17-4-5-17/h2-3,6-12,17H,4-5H2,1H3,(H,22,24,27). The van der Waals surface area contributed by atoms with Crippen molar-refractivity contribution in [1.82, 2.24) is 24.3 Å². The maximum absolute atomic E-state index is 12.5. The molecule has 1 amide bonds. The summed E-state index contributed by atoms with van der Waals surface area (Å²) in [5.41, 5.74) is 2.65. The van der Waals surface area contributed by atoms with Crippen LogP contribution in [0.25, 0.3) is 22.0 Å². The van der Waals surface area contributed by atoms with E-state index in [1.807, 2.05) is 40.7 Å². The average molecular weight is 358 g/mol. The number of rotatable bonds is 4. The van der Waals surface area contributed by atoms with Crippen LogP contribution in [0.1, 0.15) is 29.2 Å². The van der Waals surface area contributed by atoms with Crippen LogP contribution in [0, 0.1) is 0 Å². The SMILES string of the molecule is Cn1cncc1-c1ccc2cnc(NC(=O)c3cnn(C4CC4)c3)cc2c1. The minimum Gasteiger partial charge on any atom is -0.334 e. The van der Waals surface area contributed by atoms with E-state index in [2.05, 4.69) is 26.4 Å². The molecule has 1 fully saturated rings. The molecule has 0 saturated heterocycles. The number of pyridine rings is 1. The van der Waals surface area contributed by atoms with Gasteiger partial charge in [-0.2, -0.15) is 5.10 Å². The van der Waals surface area contributed by atoms with Gasteiger partial charge in [-0.3, -0.25) is 9.48 Å². The summed E-state index contributed by atoms with van der Waals surface area (Å²) < 4.78 is 3.84. The Hall–Kier alpha value is -3.48. The molecule has 1 saturated carbocycles. The van der Waals surface area contributed by atoms with Crippen molar-refractivity contribution in [1.29, 1.82) is 0 Å². The van der Waals surface area contributed by atoms with Crippen LogP contribution in [0.2, 0.25) is 0 Å². The van der Waals surface area contributed by atoms with Crippen LogP contribution in [-0.4, -0.2) is 30.2 Å². The molecular weight excluding hydrogens is 340 g/mol. The molecule has 1 aromatic carbocycles. The number of carbonyl (C=O) groups is 1. The van der Waals surface area contributed by atoms with Crippen LogP contribution >= 0.6 is 0 Å². The molecule has 1 aliphatic rings. The molecule has 7 nitrogen and oxygen atoms in total. The summed E-state index contributed by atoms with van der Waals surface area (Å²) in [7, 11) is 1.96. The van der Waals surface area contributed by atoms with E-state index in [0.717, 1.165) is 34.9 Å². The predicted octanol–water partition coefficient (Wildman–Crippen LogP) is 3.42. The Labute approximate surface area is 155 Å². The van der Waals surface area contributed by atoms with Crippen molar-refractivity contribution in [3.05, 3.63) is 60.9 Å². The van der Waals surface area contributed by atoms with Crippen LogP contribution in [0.3, 0.4) is 0 Å². The summed E-state index contributed by atoms with van der Waals surface area (Å²) >= 11 is 0. The van der Waals surface area contributed by atoms with Gasteiger partial charge >= 0.3 is 0 Å². The van der Waals surface area contributed by atoms with Crippen LogP contribution < -0.4 is 5.32 Å². The number of hydrogen-bond donors (Lipinski definition) is 1. The number of nitrogens with zero attached hydrogens (tertiary/aromatic N) is 5. The summed E-state index contributed by atoms with van der Waals surface area (Å²) in [6.07, 6.45) is 11.1. The van der Waals surface area contributed by atoms with E-state index in [9.17, 15) is 4.79 Å². The normalized spacial score (nSPS) is 13.8. The minimum absolute atomic E-state index is 0.198. The second-order valence-corrected chi connectivity index (χ2v) is 6.92. The number of amides is 1. The van der Waals surface area contributed by atoms with Gasteiger partial charge in [-0.05, 0) is 30.4 Å². The number of hydrogen-bond acceptors (Lipinski definition) is 4. The van der Waals surface area contributed by atoms with E-state index < -0.39 is 0 Å². The van der Waals surface area contributed by atoms with Gasteiger partial charge in [0.25, 0.3) is 5.91 Å². The Morgan fingerprint density at radius 1 is 1.15 bits per heavy atom. The fraction of sp³-hybridized carbons (Fsp3) is 0.200. The average Bonchev–Trinajstić information content (AvgIpc) is 3.24. The third-order valence-electron chi connectivity index (χ3n) is 4.86. The first-order chi connectivity index (χ1) is 13.2. The number of imidazole rings is 1. The van der Waals surface area contributed by atoms with Gasteiger partial charge < -0.3 is 9.88 Å². The fourth-order valence-electron chi connectivity index (χ4n) is 3.19. The maximum Gasteiger partial charge on any atom is 0.260 e. The molecule has 27 heavy (non-hydrogen) atoms. The zero-order valence-corrected chi connectivity index (χ0v) is 14.8. The van der Waals surface area contributed by atoms with Gasteiger partial charge in [0, 0.05) is 30.4 Å². The number of anilines is 1. The molecule has 1 N–H and O–H groups in total. The Morgan fingerprint density at radius 2 is 2.04 bits per heavy atom. The molecule has 5 rings (SSSR count). The van der Waals surface area contributed by atoms with Crippen LogP contribution in [0.4, 0.5) is 5.82 Å². The summed E-state index contributed by atoms with van der Waals surface area (Å²) in [4.78, 5) is 21.0. The number of fused-ring (bicyclic) bond motifs is 1. The van der Waals surface area contributed by atoms with E-state index in [1.165, 1.54) is 0 Å². The molecular formula is C20H18N6O. The molecule has 134 valence electrons. The van der Waals surface area contributed by atoms with Crippen molar-refractivity contribution in [2.24, 2.45) is 7.05 Å². The van der Waals surface area contributed by atoms with Gasteiger partial charge in [-0.15, -0.1) is 0 Å². The first-order valence-corrected chi connectivity index (χ1v) is 8.89. The highest BCUT2D eigenvalue weighted by Crippen LogP contribution is 2.34. The molecule has 0 unspecified atom stereocenters. The highest BCUT2D eigenvalue weighted by molar-refractivity contribution is 6.04. The zero-order valence-electron chi connectivity index (χ0n) is 14.8. The van der Waals surface area contributed by atoms with Crippen molar-refractivity contribution in [2.45, 2.75) is 18.9 Å². The van der Waals surface area contributed by atoms with Crippen molar-refractivity contribution in [2.75, 3.05) is 5.32 Å². The van der Waals surface area contributed by atoms with Crippen molar-refractivity contribution >= 4 is 22.5 Å². The highest BCUT2D eigenvalue weighted by Gasteiger charge is 2.25. The van der Waals surface area contributed by atoms with Gasteiger partial charge in [0.1, 0.15) is 5.82 Å². The summed E-state index contributed by atoms with van der Waals surface area (Å²) in [6, 6.07) is 8.49. The first-order valence-electron chi connectivity index (χ1n) is 8.89. The number of nitrogens with one attached hydrogen (secondary N) is 1. The third-order valence-corrected chi connectivity index (χ3v) is 4.86. The Bertz CT molecular complexity index is 1150. The van der Waals surface area contributed by atoms with Gasteiger partial charge in [0.15, 0.2) is 0 Å². The monoisotopic (exact) mass is 358 g/mol. The van der Waals surface area contributed by atoms with Gasteiger partial charge in [-0.1, -0.05) is 12.1 Å². The first kappa shape index (κ1) is 15.7. The van der Waals surface area contributed by atoms with Crippen molar-refractivity contribution < 1.29 is 4.79 Å². The quantitative estimate of drug-likeness (QED) is 0.606. The number of carbonyl (C=O) groups excluding carboxylic acids is 1. The molecule has 0 radical (unpaired) electrons. The van der Waals surface area contributed by atoms with E-state index in [1.54, 1.807) is 24.9 Å². The van der Waals surface area contributed by atoms with Gasteiger partial charge in [0.2, 0.25) is 0 Å². The molecule has 0 bridgehead atoms. The molecule has 0 atom stereocenters. The second kappa shape index (κ2) is 6.05. The number of aromatic nitrogens is 5. The molecule has 7 heteroatoms. The lowest BCUT2D eigenvalue weighted by Crippen LogP contribution is -2.12.